The first-order chi connectivity index (χ1) is 7.74. The van der Waals surface area contributed by atoms with Gasteiger partial charge in [0.25, 0.3) is 0 Å². The van der Waals surface area contributed by atoms with Crippen molar-refractivity contribution in [2.24, 2.45) is 0 Å². The normalized spacial score (nSPS) is 11.2. The van der Waals surface area contributed by atoms with E-state index in [1.54, 1.807) is 12.2 Å². The van der Waals surface area contributed by atoms with Gasteiger partial charge in [-0.05, 0) is 18.6 Å². The fraction of sp³-hybridized carbons (Fsp3) is 0.308. The van der Waals surface area contributed by atoms with E-state index in [-0.39, 0.29) is 0 Å². The Morgan fingerprint density at radius 3 is 2.81 bits per heavy atom. The van der Waals surface area contributed by atoms with Gasteiger partial charge in [-0.15, -0.1) is 0 Å². The predicted octanol–water partition coefficient (Wildman–Crippen LogP) is 3.61. The standard InChI is InChI=1S/C13H15F2O/c1-2-3-8-16-9-4-5-11-6-7-12(14)10-13(11)15/h4-7,10H,1-3,8-9H2/b5-4+. The first-order valence-electron chi connectivity index (χ1n) is 5.22. The first kappa shape index (κ1) is 12.8. The Balaban J connectivity index is 2.38. The fourth-order valence-corrected chi connectivity index (χ4v) is 1.17. The highest BCUT2D eigenvalue weighted by Gasteiger charge is 1.99. The van der Waals surface area contributed by atoms with E-state index in [0.29, 0.717) is 18.8 Å². The van der Waals surface area contributed by atoms with Crippen molar-refractivity contribution in [1.29, 1.82) is 0 Å². The molecule has 0 aliphatic rings. The maximum atomic E-state index is 13.1. The van der Waals surface area contributed by atoms with Crippen LogP contribution in [0.4, 0.5) is 8.78 Å². The third-order valence-electron chi connectivity index (χ3n) is 2.01. The monoisotopic (exact) mass is 225 g/mol. The lowest BCUT2D eigenvalue weighted by molar-refractivity contribution is 0.160. The zero-order chi connectivity index (χ0) is 11.8. The molecule has 0 bridgehead atoms. The number of halogens is 2. The second-order valence-corrected chi connectivity index (χ2v) is 3.35. The topological polar surface area (TPSA) is 9.23 Å². The summed E-state index contributed by atoms with van der Waals surface area (Å²) in [5.74, 6) is -1.13. The number of hydrogen-bond acceptors (Lipinski definition) is 1. The third-order valence-corrected chi connectivity index (χ3v) is 2.01. The lowest BCUT2D eigenvalue weighted by Gasteiger charge is -1.99. The summed E-state index contributed by atoms with van der Waals surface area (Å²) in [7, 11) is 0. The Labute approximate surface area is 94.7 Å². The minimum atomic E-state index is -0.568. The molecule has 0 aliphatic heterocycles. The molecule has 1 aromatic rings. The van der Waals surface area contributed by atoms with Crippen LogP contribution in [0.2, 0.25) is 0 Å². The van der Waals surface area contributed by atoms with Crippen molar-refractivity contribution in [1.82, 2.24) is 0 Å². The minimum absolute atomic E-state index is 0.363. The van der Waals surface area contributed by atoms with Crippen LogP contribution in [0, 0.1) is 18.6 Å². The van der Waals surface area contributed by atoms with Gasteiger partial charge in [0.1, 0.15) is 11.6 Å². The summed E-state index contributed by atoms with van der Waals surface area (Å²) in [4.78, 5) is 0. The number of hydrogen-bond donors (Lipinski definition) is 0. The van der Waals surface area contributed by atoms with Crippen molar-refractivity contribution in [2.45, 2.75) is 12.8 Å². The van der Waals surface area contributed by atoms with Gasteiger partial charge in [-0.2, -0.15) is 0 Å². The van der Waals surface area contributed by atoms with Crippen molar-refractivity contribution in [3.05, 3.63) is 48.4 Å². The smallest absolute Gasteiger partial charge is 0.133 e. The highest BCUT2D eigenvalue weighted by atomic mass is 19.1. The minimum Gasteiger partial charge on any atom is -0.377 e. The molecule has 0 saturated carbocycles. The largest absolute Gasteiger partial charge is 0.377 e. The SMILES string of the molecule is [CH2]CCCOC/C=C/c1ccc(F)cc1F. The molecule has 3 heteroatoms. The predicted molar refractivity (Wildman–Crippen MR) is 60.8 cm³/mol. The van der Waals surface area contributed by atoms with Crippen LogP contribution in [0.25, 0.3) is 6.08 Å². The maximum Gasteiger partial charge on any atom is 0.133 e. The first-order valence-corrected chi connectivity index (χ1v) is 5.22. The fourth-order valence-electron chi connectivity index (χ4n) is 1.17. The van der Waals surface area contributed by atoms with Gasteiger partial charge in [-0.3, -0.25) is 0 Å². The van der Waals surface area contributed by atoms with Crippen LogP contribution in [0.3, 0.4) is 0 Å². The Morgan fingerprint density at radius 1 is 1.31 bits per heavy atom. The Kier molecular flexibility index (Phi) is 5.72. The number of rotatable bonds is 6. The van der Waals surface area contributed by atoms with Crippen LogP contribution in [-0.4, -0.2) is 13.2 Å². The molecule has 0 fully saturated rings. The molecule has 0 N–H and O–H groups in total. The van der Waals surface area contributed by atoms with Crippen LogP contribution in [0.5, 0.6) is 0 Å². The van der Waals surface area contributed by atoms with Crippen molar-refractivity contribution in [2.75, 3.05) is 13.2 Å². The van der Waals surface area contributed by atoms with Crippen LogP contribution in [0.15, 0.2) is 24.3 Å². The van der Waals surface area contributed by atoms with Gasteiger partial charge >= 0.3 is 0 Å². The Morgan fingerprint density at radius 2 is 2.12 bits per heavy atom. The molecular formula is C13H15F2O. The Bertz CT molecular complexity index is 348. The summed E-state index contributed by atoms with van der Waals surface area (Å²) in [5.41, 5.74) is 0.363. The van der Waals surface area contributed by atoms with E-state index in [9.17, 15) is 8.78 Å². The van der Waals surface area contributed by atoms with Gasteiger partial charge in [-0.1, -0.05) is 25.5 Å². The molecule has 1 radical (unpaired) electrons. The molecule has 0 atom stereocenters. The van der Waals surface area contributed by atoms with Crippen molar-refractivity contribution in [3.8, 4) is 0 Å². The van der Waals surface area contributed by atoms with Gasteiger partial charge in [0, 0.05) is 18.2 Å². The van der Waals surface area contributed by atoms with E-state index in [1.807, 2.05) is 0 Å². The lowest BCUT2D eigenvalue weighted by Crippen LogP contribution is -1.93. The molecule has 0 saturated heterocycles. The summed E-state index contributed by atoms with van der Waals surface area (Å²) < 4.78 is 31.0. The quantitative estimate of drug-likeness (QED) is 0.672. The summed E-state index contributed by atoms with van der Waals surface area (Å²) in [6, 6.07) is 3.49. The molecule has 0 unspecified atom stereocenters. The second-order valence-electron chi connectivity index (χ2n) is 3.35. The van der Waals surface area contributed by atoms with Gasteiger partial charge in [0.2, 0.25) is 0 Å². The molecule has 0 aliphatic carbocycles. The average Bonchev–Trinajstić information content (AvgIpc) is 2.26. The molecular weight excluding hydrogens is 210 g/mol. The highest BCUT2D eigenvalue weighted by molar-refractivity contribution is 5.49. The van der Waals surface area contributed by atoms with E-state index in [2.05, 4.69) is 6.92 Å². The van der Waals surface area contributed by atoms with Crippen LogP contribution >= 0.6 is 0 Å². The lowest BCUT2D eigenvalue weighted by atomic mass is 10.2. The van der Waals surface area contributed by atoms with Crippen molar-refractivity contribution < 1.29 is 13.5 Å². The molecule has 1 aromatic carbocycles. The van der Waals surface area contributed by atoms with Crippen LogP contribution in [0.1, 0.15) is 18.4 Å². The number of unbranched alkanes of at least 4 members (excludes halogenated alkanes) is 1. The second kappa shape index (κ2) is 7.12. The zero-order valence-electron chi connectivity index (χ0n) is 9.09. The summed E-state index contributed by atoms with van der Waals surface area (Å²) in [5, 5.41) is 0. The van der Waals surface area contributed by atoms with Gasteiger partial charge in [-0.25, -0.2) is 8.78 Å². The summed E-state index contributed by atoms with van der Waals surface area (Å²) >= 11 is 0. The third kappa shape index (κ3) is 4.53. The van der Waals surface area contributed by atoms with Gasteiger partial charge in [0.05, 0.1) is 6.61 Å². The molecule has 0 spiro atoms. The van der Waals surface area contributed by atoms with Crippen LogP contribution < -0.4 is 0 Å². The van der Waals surface area contributed by atoms with E-state index in [4.69, 9.17) is 4.74 Å². The van der Waals surface area contributed by atoms with E-state index >= 15 is 0 Å². The molecule has 0 aromatic heterocycles. The number of benzene rings is 1. The molecule has 16 heavy (non-hydrogen) atoms. The average molecular weight is 225 g/mol. The van der Waals surface area contributed by atoms with Gasteiger partial charge in [0.15, 0.2) is 0 Å². The van der Waals surface area contributed by atoms with Crippen molar-refractivity contribution in [3.63, 3.8) is 0 Å². The van der Waals surface area contributed by atoms with Gasteiger partial charge < -0.3 is 4.74 Å². The number of ether oxygens (including phenoxy) is 1. The highest BCUT2D eigenvalue weighted by Crippen LogP contribution is 2.10. The van der Waals surface area contributed by atoms with E-state index in [0.717, 1.165) is 18.9 Å². The molecule has 1 nitrogen and oxygen atoms in total. The molecule has 0 amide bonds. The van der Waals surface area contributed by atoms with Crippen LogP contribution in [-0.2, 0) is 4.74 Å². The van der Waals surface area contributed by atoms with Crippen molar-refractivity contribution >= 4 is 6.08 Å². The molecule has 0 heterocycles. The summed E-state index contributed by atoms with van der Waals surface area (Å²) in [6.07, 6.45) is 5.05. The van der Waals surface area contributed by atoms with E-state index < -0.39 is 11.6 Å². The summed E-state index contributed by atoms with van der Waals surface area (Å²) in [6.45, 7) is 4.77. The maximum absolute atomic E-state index is 13.1. The zero-order valence-corrected chi connectivity index (χ0v) is 9.09. The molecule has 87 valence electrons. The molecule has 1 rings (SSSR count). The Hall–Kier alpha value is -1.22. The van der Waals surface area contributed by atoms with E-state index in [1.165, 1.54) is 12.1 Å².